The Morgan fingerprint density at radius 3 is 2.38 bits per heavy atom. The highest BCUT2D eigenvalue weighted by molar-refractivity contribution is 5.31. The lowest BCUT2D eigenvalue weighted by Gasteiger charge is -2.17. The van der Waals surface area contributed by atoms with Gasteiger partial charge in [-0.25, -0.2) is 0 Å². The molecule has 0 amide bonds. The fraction of sp³-hybridized carbons (Fsp3) is 0.316. The third kappa shape index (κ3) is 5.52. The first kappa shape index (κ1) is 15.5. The number of hydrogen-bond donors (Lipinski definition) is 0. The SMILES string of the molecule is CC[CH-]c1ccc(OC(C)OCCc2ccccc2)cc1. The Kier molecular flexibility index (Phi) is 6.17. The molecule has 2 aromatic carbocycles. The van der Waals surface area contributed by atoms with Gasteiger partial charge in [0.1, 0.15) is 0 Å². The van der Waals surface area contributed by atoms with E-state index < -0.39 is 0 Å². The van der Waals surface area contributed by atoms with Crippen LogP contribution in [0, 0.1) is 6.42 Å². The molecule has 0 saturated heterocycles. The molecular weight excluding hydrogens is 260 g/mol. The van der Waals surface area contributed by atoms with Crippen LogP contribution >= 0.6 is 0 Å². The lowest BCUT2D eigenvalue weighted by Crippen LogP contribution is -2.17. The van der Waals surface area contributed by atoms with E-state index in [1.54, 1.807) is 0 Å². The number of rotatable bonds is 8. The van der Waals surface area contributed by atoms with Crippen molar-refractivity contribution in [3.63, 3.8) is 0 Å². The molecule has 0 radical (unpaired) electrons. The normalized spacial score (nSPS) is 11.9. The summed E-state index contributed by atoms with van der Waals surface area (Å²) in [5, 5.41) is 0. The van der Waals surface area contributed by atoms with Crippen molar-refractivity contribution in [3.8, 4) is 5.75 Å². The average molecular weight is 283 g/mol. The monoisotopic (exact) mass is 283 g/mol. The molecule has 0 fully saturated rings. The van der Waals surface area contributed by atoms with Gasteiger partial charge in [0.2, 0.25) is 0 Å². The molecule has 2 nitrogen and oxygen atoms in total. The Labute approximate surface area is 127 Å². The number of ether oxygens (including phenoxy) is 2. The second-order valence-corrected chi connectivity index (χ2v) is 4.97. The molecule has 112 valence electrons. The molecule has 0 aliphatic heterocycles. The van der Waals surface area contributed by atoms with Crippen LogP contribution in [0.25, 0.3) is 0 Å². The quantitative estimate of drug-likeness (QED) is 0.519. The Bertz CT molecular complexity index is 505. The Morgan fingerprint density at radius 2 is 1.71 bits per heavy atom. The van der Waals surface area contributed by atoms with Crippen LogP contribution in [0.4, 0.5) is 0 Å². The van der Waals surface area contributed by atoms with Crippen molar-refractivity contribution in [2.45, 2.75) is 33.0 Å². The minimum Gasteiger partial charge on any atom is -0.467 e. The van der Waals surface area contributed by atoms with Gasteiger partial charge in [-0.15, -0.1) is 0 Å². The zero-order valence-corrected chi connectivity index (χ0v) is 12.8. The Hall–Kier alpha value is -1.93. The van der Waals surface area contributed by atoms with Crippen molar-refractivity contribution in [1.82, 2.24) is 0 Å². The van der Waals surface area contributed by atoms with E-state index in [-0.39, 0.29) is 6.29 Å². The molecule has 1 unspecified atom stereocenters. The van der Waals surface area contributed by atoms with Crippen molar-refractivity contribution in [1.29, 1.82) is 0 Å². The summed E-state index contributed by atoms with van der Waals surface area (Å²) in [6.45, 7) is 4.72. The summed E-state index contributed by atoms with van der Waals surface area (Å²) in [4.78, 5) is 0. The third-order valence-corrected chi connectivity index (χ3v) is 3.21. The molecule has 2 aromatic rings. The highest BCUT2D eigenvalue weighted by atomic mass is 16.7. The van der Waals surface area contributed by atoms with Crippen LogP contribution in [0.5, 0.6) is 5.75 Å². The molecule has 0 aliphatic rings. The summed E-state index contributed by atoms with van der Waals surface area (Å²) in [5.41, 5.74) is 2.51. The summed E-state index contributed by atoms with van der Waals surface area (Å²) in [6.07, 6.45) is 3.89. The summed E-state index contributed by atoms with van der Waals surface area (Å²) >= 11 is 0. The van der Waals surface area contributed by atoms with Gasteiger partial charge in [-0.2, -0.15) is 24.1 Å². The fourth-order valence-electron chi connectivity index (χ4n) is 2.13. The molecule has 0 N–H and O–H groups in total. The van der Waals surface area contributed by atoms with Crippen molar-refractivity contribution in [3.05, 3.63) is 72.1 Å². The first-order chi connectivity index (χ1) is 10.3. The number of hydrogen-bond acceptors (Lipinski definition) is 2. The Morgan fingerprint density at radius 1 is 1.00 bits per heavy atom. The summed E-state index contributed by atoms with van der Waals surface area (Å²) in [6, 6.07) is 18.4. The predicted octanol–water partition coefficient (Wildman–Crippen LogP) is 4.63. The van der Waals surface area contributed by atoms with E-state index in [0.717, 1.165) is 18.6 Å². The second-order valence-electron chi connectivity index (χ2n) is 4.97. The molecule has 0 saturated carbocycles. The van der Waals surface area contributed by atoms with Crippen LogP contribution < -0.4 is 4.74 Å². The molecule has 1 atom stereocenters. The molecular formula is C19H23O2-. The van der Waals surface area contributed by atoms with E-state index in [2.05, 4.69) is 37.6 Å². The Balaban J connectivity index is 1.72. The fourth-order valence-corrected chi connectivity index (χ4v) is 2.13. The van der Waals surface area contributed by atoms with Crippen LogP contribution in [0.15, 0.2) is 54.6 Å². The molecule has 0 spiro atoms. The van der Waals surface area contributed by atoms with Gasteiger partial charge in [0, 0.05) is 0 Å². The maximum atomic E-state index is 5.75. The lowest BCUT2D eigenvalue weighted by atomic mass is 10.1. The minimum atomic E-state index is -0.241. The molecule has 21 heavy (non-hydrogen) atoms. The molecule has 0 heterocycles. The van der Waals surface area contributed by atoms with E-state index in [9.17, 15) is 0 Å². The highest BCUT2D eigenvalue weighted by Crippen LogP contribution is 2.16. The van der Waals surface area contributed by atoms with Crippen molar-refractivity contribution >= 4 is 0 Å². The van der Waals surface area contributed by atoms with E-state index in [4.69, 9.17) is 9.47 Å². The highest BCUT2D eigenvalue weighted by Gasteiger charge is 2.03. The smallest absolute Gasteiger partial charge is 0.196 e. The van der Waals surface area contributed by atoms with E-state index in [1.807, 2.05) is 37.3 Å². The lowest BCUT2D eigenvalue weighted by molar-refractivity contribution is -0.0654. The zero-order valence-electron chi connectivity index (χ0n) is 12.8. The summed E-state index contributed by atoms with van der Waals surface area (Å²) in [5.74, 6) is 0.843. The largest absolute Gasteiger partial charge is 0.467 e. The number of benzene rings is 2. The van der Waals surface area contributed by atoms with E-state index >= 15 is 0 Å². The van der Waals surface area contributed by atoms with Gasteiger partial charge in [0.15, 0.2) is 6.29 Å². The van der Waals surface area contributed by atoms with Gasteiger partial charge in [0.05, 0.1) is 12.4 Å². The molecule has 0 bridgehead atoms. The van der Waals surface area contributed by atoms with Crippen LogP contribution in [0.3, 0.4) is 0 Å². The topological polar surface area (TPSA) is 18.5 Å². The van der Waals surface area contributed by atoms with Gasteiger partial charge in [-0.3, -0.25) is 0 Å². The van der Waals surface area contributed by atoms with Gasteiger partial charge in [-0.1, -0.05) is 55.8 Å². The van der Waals surface area contributed by atoms with Crippen LogP contribution in [-0.4, -0.2) is 12.9 Å². The summed E-state index contributed by atoms with van der Waals surface area (Å²) in [7, 11) is 0. The van der Waals surface area contributed by atoms with E-state index in [1.165, 1.54) is 11.1 Å². The molecule has 0 aromatic heterocycles. The van der Waals surface area contributed by atoms with Gasteiger partial charge in [-0.05, 0) is 18.9 Å². The van der Waals surface area contributed by atoms with E-state index in [0.29, 0.717) is 6.61 Å². The third-order valence-electron chi connectivity index (χ3n) is 3.21. The van der Waals surface area contributed by atoms with Gasteiger partial charge >= 0.3 is 0 Å². The van der Waals surface area contributed by atoms with Gasteiger partial charge < -0.3 is 9.47 Å². The second kappa shape index (κ2) is 8.38. The van der Waals surface area contributed by atoms with Crippen molar-refractivity contribution in [2.24, 2.45) is 0 Å². The van der Waals surface area contributed by atoms with Gasteiger partial charge in [0.25, 0.3) is 0 Å². The zero-order chi connectivity index (χ0) is 14.9. The minimum absolute atomic E-state index is 0.241. The molecule has 0 aliphatic carbocycles. The first-order valence-electron chi connectivity index (χ1n) is 7.53. The first-order valence-corrected chi connectivity index (χ1v) is 7.53. The maximum absolute atomic E-state index is 5.75. The molecule has 2 rings (SSSR count). The molecule has 2 heteroatoms. The predicted molar refractivity (Wildman–Crippen MR) is 86.3 cm³/mol. The van der Waals surface area contributed by atoms with Crippen LogP contribution in [0.1, 0.15) is 31.4 Å². The maximum Gasteiger partial charge on any atom is 0.196 e. The van der Waals surface area contributed by atoms with Crippen molar-refractivity contribution < 1.29 is 9.47 Å². The van der Waals surface area contributed by atoms with Crippen LogP contribution in [0.2, 0.25) is 0 Å². The summed E-state index contributed by atoms with van der Waals surface area (Å²) < 4.78 is 11.4. The van der Waals surface area contributed by atoms with Crippen LogP contribution in [-0.2, 0) is 11.2 Å². The standard InChI is InChI=1S/C19H23O2/c1-3-7-17-10-12-19(13-11-17)21-16(2)20-15-14-18-8-5-4-6-9-18/h4-13,16H,3,14-15H2,1-2H3/q-1. The average Bonchev–Trinajstić information content (AvgIpc) is 2.51. The van der Waals surface area contributed by atoms with Crippen molar-refractivity contribution in [2.75, 3.05) is 6.61 Å².